The molecular weight excluding hydrogens is 624 g/mol. The predicted molar refractivity (Wildman–Crippen MR) is 184 cm³/mol. The van der Waals surface area contributed by atoms with Crippen LogP contribution in [0, 0.1) is 0 Å². The van der Waals surface area contributed by atoms with Crippen LogP contribution in [0.3, 0.4) is 0 Å². The molecule has 10 nitrogen and oxygen atoms in total. The summed E-state index contributed by atoms with van der Waals surface area (Å²) in [5, 5.41) is 12.4. The Hall–Kier alpha value is -4.09. The van der Waals surface area contributed by atoms with Gasteiger partial charge < -0.3 is 29.4 Å². The number of ether oxygens (including phenoxy) is 4. The highest BCUT2D eigenvalue weighted by molar-refractivity contribution is 5.83. The molecule has 5 rings (SSSR count). The smallest absolute Gasteiger partial charge is 0.323 e. The zero-order valence-corrected chi connectivity index (χ0v) is 29.0. The molecule has 0 radical (unpaired) electrons. The standard InChI is InChI=1S/C39H48N2O8/c1-25(46-26(2)43)36(44)40-22-28-9-6-10-30(19-28)31-11-7-12-32(20-31)38-47-33(21-35(48-38)29-16-14-27(24-42)15-17-29)23-41-18-8-13-34(41)37(45)49-39(3,4)5/h6-7,9-12,14-17,19-20,25,33-35,38,42H,8,13,18,21-24H2,1-5H3,(H,40,44)/t25-,33-,34-,35+,38+/m0/s1. The summed E-state index contributed by atoms with van der Waals surface area (Å²) >= 11 is 0. The van der Waals surface area contributed by atoms with Crippen molar-refractivity contribution in [3.05, 3.63) is 95.1 Å². The molecule has 1 amide bonds. The van der Waals surface area contributed by atoms with Gasteiger partial charge in [0.25, 0.3) is 5.91 Å². The molecule has 5 atom stereocenters. The van der Waals surface area contributed by atoms with Gasteiger partial charge in [0.2, 0.25) is 0 Å². The largest absolute Gasteiger partial charge is 0.459 e. The number of likely N-dealkylation sites (tertiary alicyclic amines) is 1. The van der Waals surface area contributed by atoms with Gasteiger partial charge in [-0.15, -0.1) is 0 Å². The Morgan fingerprint density at radius 2 is 1.67 bits per heavy atom. The molecule has 0 spiro atoms. The second-order valence-electron chi connectivity index (χ2n) is 13.8. The van der Waals surface area contributed by atoms with Gasteiger partial charge in [-0.1, -0.05) is 60.7 Å². The van der Waals surface area contributed by atoms with E-state index in [4.69, 9.17) is 18.9 Å². The SMILES string of the molecule is CC(=O)O[C@@H](C)C(=O)NCc1cccc(-c2cccc([C@@H]3O[C@H](CN4CCC[C@H]4C(=O)OC(C)(C)C)C[C@H](c4ccc(CO)cc4)O3)c2)c1. The van der Waals surface area contributed by atoms with Crippen molar-refractivity contribution in [2.45, 2.75) is 103 Å². The lowest BCUT2D eigenvalue weighted by molar-refractivity contribution is -0.253. The number of esters is 2. The van der Waals surface area contributed by atoms with Gasteiger partial charge >= 0.3 is 11.9 Å². The monoisotopic (exact) mass is 672 g/mol. The van der Waals surface area contributed by atoms with Crippen molar-refractivity contribution in [2.75, 3.05) is 13.1 Å². The molecule has 0 aromatic heterocycles. The molecule has 3 aromatic carbocycles. The van der Waals surface area contributed by atoms with Crippen molar-refractivity contribution in [1.82, 2.24) is 10.2 Å². The number of hydrogen-bond donors (Lipinski definition) is 2. The normalized spacial score (nSPS) is 21.9. The topological polar surface area (TPSA) is 124 Å². The zero-order valence-electron chi connectivity index (χ0n) is 29.0. The van der Waals surface area contributed by atoms with Crippen LogP contribution in [0.15, 0.2) is 72.8 Å². The summed E-state index contributed by atoms with van der Waals surface area (Å²) < 4.78 is 24.0. The molecule has 2 fully saturated rings. The molecule has 49 heavy (non-hydrogen) atoms. The molecule has 0 saturated carbocycles. The Morgan fingerprint density at radius 3 is 2.37 bits per heavy atom. The van der Waals surface area contributed by atoms with Crippen LogP contribution in [0.5, 0.6) is 0 Å². The number of rotatable bonds is 11. The van der Waals surface area contributed by atoms with Crippen LogP contribution >= 0.6 is 0 Å². The van der Waals surface area contributed by atoms with Gasteiger partial charge in [-0.25, -0.2) is 0 Å². The van der Waals surface area contributed by atoms with E-state index in [9.17, 15) is 19.5 Å². The summed E-state index contributed by atoms with van der Waals surface area (Å²) in [5.74, 6) is -1.07. The van der Waals surface area contributed by atoms with Crippen LogP contribution in [0.4, 0.5) is 0 Å². The Bertz CT molecular complexity index is 1600. The van der Waals surface area contributed by atoms with Gasteiger partial charge in [0.1, 0.15) is 11.6 Å². The molecule has 2 saturated heterocycles. The first-order valence-electron chi connectivity index (χ1n) is 17.0. The average Bonchev–Trinajstić information content (AvgIpc) is 3.54. The number of aliphatic hydroxyl groups is 1. The van der Waals surface area contributed by atoms with E-state index in [2.05, 4.69) is 16.3 Å². The third-order valence-electron chi connectivity index (χ3n) is 8.69. The van der Waals surface area contributed by atoms with Crippen LogP contribution in [0.1, 0.15) is 88.5 Å². The second kappa shape index (κ2) is 16.1. The van der Waals surface area contributed by atoms with Crippen molar-refractivity contribution in [3.63, 3.8) is 0 Å². The number of amides is 1. The summed E-state index contributed by atoms with van der Waals surface area (Å²) in [4.78, 5) is 38.9. The van der Waals surface area contributed by atoms with Gasteiger partial charge in [-0.05, 0) is 87.0 Å². The number of hydrogen-bond acceptors (Lipinski definition) is 9. The third-order valence-corrected chi connectivity index (χ3v) is 8.69. The van der Waals surface area contributed by atoms with E-state index in [0.717, 1.165) is 52.8 Å². The predicted octanol–water partition coefficient (Wildman–Crippen LogP) is 5.77. The highest BCUT2D eigenvalue weighted by Gasteiger charge is 2.39. The minimum absolute atomic E-state index is 0.0328. The minimum Gasteiger partial charge on any atom is -0.459 e. The molecule has 3 aromatic rings. The second-order valence-corrected chi connectivity index (χ2v) is 13.8. The van der Waals surface area contributed by atoms with Crippen molar-refractivity contribution in [3.8, 4) is 11.1 Å². The number of carbonyl (C=O) groups excluding carboxylic acids is 3. The average molecular weight is 673 g/mol. The van der Waals surface area contributed by atoms with E-state index in [1.54, 1.807) is 0 Å². The summed E-state index contributed by atoms with van der Waals surface area (Å²) in [7, 11) is 0. The summed E-state index contributed by atoms with van der Waals surface area (Å²) in [6.07, 6.45) is 0.271. The quantitative estimate of drug-likeness (QED) is 0.245. The molecule has 2 N–H and O–H groups in total. The number of nitrogens with one attached hydrogen (secondary N) is 1. The lowest BCUT2D eigenvalue weighted by atomic mass is 9.98. The molecular formula is C39H48N2O8. The fraction of sp³-hybridized carbons (Fsp3) is 0.462. The van der Waals surface area contributed by atoms with E-state index in [1.165, 1.54) is 13.8 Å². The summed E-state index contributed by atoms with van der Waals surface area (Å²) in [5.41, 5.74) is 4.94. The minimum atomic E-state index is -0.873. The molecule has 0 aliphatic carbocycles. The number of benzene rings is 3. The van der Waals surface area contributed by atoms with Crippen molar-refractivity contribution in [2.24, 2.45) is 0 Å². The molecule has 0 unspecified atom stereocenters. The molecule has 2 heterocycles. The van der Waals surface area contributed by atoms with Gasteiger partial charge in [0.05, 0.1) is 18.8 Å². The van der Waals surface area contributed by atoms with E-state index < -0.39 is 24.0 Å². The highest BCUT2D eigenvalue weighted by Crippen LogP contribution is 2.39. The van der Waals surface area contributed by atoms with E-state index in [0.29, 0.717) is 13.0 Å². The Labute approximate surface area is 288 Å². The maximum atomic E-state index is 13.1. The van der Waals surface area contributed by atoms with E-state index in [1.807, 2.05) is 87.5 Å². The van der Waals surface area contributed by atoms with Crippen LogP contribution in [0.25, 0.3) is 11.1 Å². The van der Waals surface area contributed by atoms with Crippen molar-refractivity contribution in [1.29, 1.82) is 0 Å². The summed E-state index contributed by atoms with van der Waals surface area (Å²) in [6.45, 7) is 10.1. The third kappa shape index (κ3) is 9.98. The number of aliphatic hydroxyl groups excluding tert-OH is 1. The van der Waals surface area contributed by atoms with Crippen molar-refractivity contribution >= 4 is 17.8 Å². The first-order chi connectivity index (χ1) is 23.4. The number of nitrogens with zero attached hydrogens (tertiary/aromatic N) is 1. The van der Waals surface area contributed by atoms with Crippen LogP contribution in [-0.4, -0.2) is 64.8 Å². The lowest BCUT2D eigenvalue weighted by Gasteiger charge is -2.38. The van der Waals surface area contributed by atoms with Gasteiger partial charge in [-0.3, -0.25) is 19.3 Å². The zero-order chi connectivity index (χ0) is 35.1. The molecule has 10 heteroatoms. The van der Waals surface area contributed by atoms with Crippen molar-refractivity contribution < 1.29 is 38.4 Å². The molecule has 0 bridgehead atoms. The molecule has 262 valence electrons. The highest BCUT2D eigenvalue weighted by atomic mass is 16.7. The fourth-order valence-electron chi connectivity index (χ4n) is 6.34. The van der Waals surface area contributed by atoms with E-state index >= 15 is 0 Å². The van der Waals surface area contributed by atoms with E-state index in [-0.39, 0.29) is 43.3 Å². The Morgan fingerprint density at radius 1 is 0.959 bits per heavy atom. The van der Waals surface area contributed by atoms with Crippen LogP contribution in [0.2, 0.25) is 0 Å². The number of carbonyl (C=O) groups is 3. The van der Waals surface area contributed by atoms with Gasteiger partial charge in [-0.2, -0.15) is 0 Å². The van der Waals surface area contributed by atoms with Crippen LogP contribution < -0.4 is 5.32 Å². The van der Waals surface area contributed by atoms with Gasteiger partial charge in [0, 0.05) is 32.0 Å². The molecule has 2 aliphatic heterocycles. The van der Waals surface area contributed by atoms with Gasteiger partial charge in [0.15, 0.2) is 12.4 Å². The fourth-order valence-corrected chi connectivity index (χ4v) is 6.34. The first kappa shape index (κ1) is 36.2. The molecule has 2 aliphatic rings. The Balaban J connectivity index is 1.34. The maximum Gasteiger partial charge on any atom is 0.323 e. The first-order valence-corrected chi connectivity index (χ1v) is 17.0. The Kier molecular flexibility index (Phi) is 11.9. The lowest BCUT2D eigenvalue weighted by Crippen LogP contribution is -2.45. The maximum absolute atomic E-state index is 13.1. The summed E-state index contributed by atoms with van der Waals surface area (Å²) in [6, 6.07) is 23.4. The van der Waals surface area contributed by atoms with Crippen LogP contribution in [-0.2, 0) is 46.5 Å².